The van der Waals surface area contributed by atoms with Gasteiger partial charge in [0.05, 0.1) is 12.8 Å². The van der Waals surface area contributed by atoms with E-state index in [4.69, 9.17) is 4.74 Å². The lowest BCUT2D eigenvalue weighted by Gasteiger charge is -2.33. The van der Waals surface area contributed by atoms with E-state index in [0.717, 1.165) is 21.7 Å². The van der Waals surface area contributed by atoms with Crippen LogP contribution in [0.2, 0.25) is 0 Å². The van der Waals surface area contributed by atoms with Gasteiger partial charge in [-0.05, 0) is 11.1 Å². The topological polar surface area (TPSA) is 113 Å². The number of esters is 1. The minimum Gasteiger partial charge on any atom is -0.454 e. The average molecular weight is 397 g/mol. The Morgan fingerprint density at radius 2 is 1.85 bits per heavy atom. The average Bonchev–Trinajstić information content (AvgIpc) is 2.62. The molecule has 1 aliphatic rings. The Morgan fingerprint density at radius 1 is 1.22 bits per heavy atom. The lowest BCUT2D eigenvalue weighted by Crippen LogP contribution is -2.49. The molecule has 0 bridgehead atoms. The highest BCUT2D eigenvalue weighted by molar-refractivity contribution is 7.88. The second kappa shape index (κ2) is 8.49. The second-order valence-electron chi connectivity index (χ2n) is 6.47. The van der Waals surface area contributed by atoms with Crippen LogP contribution in [0.15, 0.2) is 24.3 Å². The first kappa shape index (κ1) is 20.8. The maximum absolute atomic E-state index is 12.4. The number of amides is 2. The zero-order valence-electron chi connectivity index (χ0n) is 15.5. The molecule has 1 aliphatic heterocycles. The monoisotopic (exact) mass is 397 g/mol. The number of ether oxygens (including phenoxy) is 1. The molecule has 1 aromatic carbocycles. The highest BCUT2D eigenvalue weighted by Crippen LogP contribution is 2.26. The van der Waals surface area contributed by atoms with E-state index in [1.165, 1.54) is 4.90 Å². The van der Waals surface area contributed by atoms with Crippen molar-refractivity contribution in [2.75, 3.05) is 33.5 Å². The Hall–Kier alpha value is -2.46. The van der Waals surface area contributed by atoms with Gasteiger partial charge < -0.3 is 15.0 Å². The maximum atomic E-state index is 12.4. The summed E-state index contributed by atoms with van der Waals surface area (Å²) in [6.07, 6.45) is 1.20. The minimum atomic E-state index is -3.65. The molecule has 148 valence electrons. The molecular formula is C17H23N3O6S. The predicted molar refractivity (Wildman–Crippen MR) is 97.0 cm³/mol. The molecule has 10 heteroatoms. The summed E-state index contributed by atoms with van der Waals surface area (Å²) < 4.78 is 30.2. The number of fused-ring (bicyclic) bond motifs is 1. The van der Waals surface area contributed by atoms with Crippen LogP contribution in [0.5, 0.6) is 0 Å². The number of benzene rings is 1. The third kappa shape index (κ3) is 5.51. The van der Waals surface area contributed by atoms with Gasteiger partial charge in [-0.3, -0.25) is 14.4 Å². The molecule has 0 saturated carbocycles. The van der Waals surface area contributed by atoms with E-state index in [9.17, 15) is 22.8 Å². The van der Waals surface area contributed by atoms with Crippen molar-refractivity contribution in [1.29, 1.82) is 0 Å². The van der Waals surface area contributed by atoms with Crippen molar-refractivity contribution in [3.05, 3.63) is 35.4 Å². The molecule has 0 aliphatic carbocycles. The molecule has 27 heavy (non-hydrogen) atoms. The van der Waals surface area contributed by atoms with Crippen molar-refractivity contribution in [2.45, 2.75) is 19.0 Å². The number of nitrogens with one attached hydrogen (secondary N) is 1. The summed E-state index contributed by atoms with van der Waals surface area (Å²) >= 11 is 0. The van der Waals surface area contributed by atoms with Crippen LogP contribution < -0.4 is 5.32 Å². The van der Waals surface area contributed by atoms with E-state index in [0.29, 0.717) is 0 Å². The van der Waals surface area contributed by atoms with E-state index in [1.807, 2.05) is 18.2 Å². The van der Waals surface area contributed by atoms with Gasteiger partial charge in [0.1, 0.15) is 6.04 Å². The van der Waals surface area contributed by atoms with Crippen LogP contribution in [-0.2, 0) is 42.1 Å². The lowest BCUT2D eigenvalue weighted by molar-refractivity contribution is -0.152. The number of hydrogen-bond acceptors (Lipinski definition) is 6. The zero-order valence-corrected chi connectivity index (χ0v) is 16.3. The fraction of sp³-hybridized carbons (Fsp3) is 0.471. The fourth-order valence-electron chi connectivity index (χ4n) is 2.66. The first-order valence-electron chi connectivity index (χ1n) is 8.26. The Labute approximate surface area is 158 Å². The third-order valence-corrected chi connectivity index (χ3v) is 5.42. The standard InChI is InChI=1S/C17H23N3O6S/c1-19(2)16(22)9-18-15(21)11-26-17(23)14-8-12-6-4-5-7-13(12)10-20(14)27(3,24)25/h4-7,14H,8-11H2,1-3H3,(H,18,21)/t14-/m0/s1. The van der Waals surface area contributed by atoms with E-state index in [2.05, 4.69) is 5.32 Å². The largest absolute Gasteiger partial charge is 0.454 e. The van der Waals surface area contributed by atoms with E-state index >= 15 is 0 Å². The number of hydrogen-bond donors (Lipinski definition) is 1. The molecule has 0 fully saturated rings. The number of rotatable bonds is 6. The number of likely N-dealkylation sites (N-methyl/N-ethyl adjacent to an activating group) is 1. The Kier molecular flexibility index (Phi) is 6.55. The minimum absolute atomic E-state index is 0.0678. The van der Waals surface area contributed by atoms with Gasteiger partial charge >= 0.3 is 5.97 Å². The first-order valence-corrected chi connectivity index (χ1v) is 10.1. The van der Waals surface area contributed by atoms with Gasteiger partial charge in [0.15, 0.2) is 6.61 Å². The highest BCUT2D eigenvalue weighted by Gasteiger charge is 2.38. The van der Waals surface area contributed by atoms with Crippen LogP contribution in [0.3, 0.4) is 0 Å². The van der Waals surface area contributed by atoms with Crippen molar-refractivity contribution in [3.8, 4) is 0 Å². The summed E-state index contributed by atoms with van der Waals surface area (Å²) in [6, 6.07) is 6.22. The van der Waals surface area contributed by atoms with Crippen molar-refractivity contribution in [1.82, 2.24) is 14.5 Å². The summed E-state index contributed by atoms with van der Waals surface area (Å²) in [5.41, 5.74) is 1.69. The van der Waals surface area contributed by atoms with Crippen molar-refractivity contribution >= 4 is 27.8 Å². The Bertz CT molecular complexity index is 837. The van der Waals surface area contributed by atoms with Gasteiger partial charge in [0.2, 0.25) is 15.9 Å². The summed E-state index contributed by atoms with van der Waals surface area (Å²) in [5.74, 6) is -1.74. The van der Waals surface area contributed by atoms with Crippen molar-refractivity contribution in [2.24, 2.45) is 0 Å². The number of nitrogens with zero attached hydrogens (tertiary/aromatic N) is 2. The van der Waals surface area contributed by atoms with Crippen molar-refractivity contribution in [3.63, 3.8) is 0 Å². The van der Waals surface area contributed by atoms with Crippen LogP contribution in [0.1, 0.15) is 11.1 Å². The molecular weight excluding hydrogens is 374 g/mol. The van der Waals surface area contributed by atoms with Gasteiger partial charge in [0.25, 0.3) is 5.91 Å². The summed E-state index contributed by atoms with van der Waals surface area (Å²) in [5, 5.41) is 2.34. The first-order chi connectivity index (χ1) is 12.6. The van der Waals surface area contributed by atoms with E-state index in [1.54, 1.807) is 20.2 Å². The van der Waals surface area contributed by atoms with Gasteiger partial charge in [-0.15, -0.1) is 0 Å². The van der Waals surface area contributed by atoms with Crippen molar-refractivity contribution < 1.29 is 27.5 Å². The van der Waals surface area contributed by atoms with E-state index < -0.39 is 34.5 Å². The fourth-order valence-corrected chi connectivity index (χ4v) is 3.66. The predicted octanol–water partition coefficient (Wildman–Crippen LogP) is -0.879. The molecule has 0 spiro atoms. The summed E-state index contributed by atoms with van der Waals surface area (Å²) in [4.78, 5) is 36.9. The van der Waals surface area contributed by atoms with Crippen LogP contribution in [0, 0.1) is 0 Å². The third-order valence-electron chi connectivity index (χ3n) is 4.18. The van der Waals surface area contributed by atoms with Gasteiger partial charge in [-0.2, -0.15) is 4.31 Å². The molecule has 1 heterocycles. The van der Waals surface area contributed by atoms with Crippen LogP contribution >= 0.6 is 0 Å². The van der Waals surface area contributed by atoms with Crippen LogP contribution in [0.25, 0.3) is 0 Å². The SMILES string of the molecule is CN(C)C(=O)CNC(=O)COC(=O)[C@@H]1Cc2ccccc2CN1S(C)(=O)=O. The zero-order chi connectivity index (χ0) is 20.2. The quantitative estimate of drug-likeness (QED) is 0.624. The summed E-state index contributed by atoms with van der Waals surface area (Å²) in [6.45, 7) is -0.733. The van der Waals surface area contributed by atoms with Crippen LogP contribution in [0.4, 0.5) is 0 Å². The van der Waals surface area contributed by atoms with Gasteiger partial charge in [0, 0.05) is 27.1 Å². The van der Waals surface area contributed by atoms with E-state index in [-0.39, 0.29) is 25.4 Å². The lowest BCUT2D eigenvalue weighted by atomic mass is 9.96. The molecule has 2 rings (SSSR count). The molecule has 1 aromatic rings. The number of carbonyl (C=O) groups excluding carboxylic acids is 3. The highest BCUT2D eigenvalue weighted by atomic mass is 32.2. The number of sulfonamides is 1. The molecule has 0 aromatic heterocycles. The van der Waals surface area contributed by atoms with Crippen LogP contribution in [-0.4, -0.2) is 75.0 Å². The second-order valence-corrected chi connectivity index (χ2v) is 8.40. The van der Waals surface area contributed by atoms with Gasteiger partial charge in [-0.1, -0.05) is 24.3 Å². The van der Waals surface area contributed by atoms with Gasteiger partial charge in [-0.25, -0.2) is 8.42 Å². The molecule has 1 atom stereocenters. The Balaban J connectivity index is 2.01. The molecule has 1 N–H and O–H groups in total. The maximum Gasteiger partial charge on any atom is 0.325 e. The smallest absolute Gasteiger partial charge is 0.325 e. The molecule has 0 unspecified atom stereocenters. The molecule has 2 amide bonds. The number of carbonyl (C=O) groups is 3. The molecule has 0 radical (unpaired) electrons. The summed E-state index contributed by atoms with van der Waals surface area (Å²) in [7, 11) is -0.549. The normalized spacial score (nSPS) is 16.9. The molecule has 0 saturated heterocycles. The Morgan fingerprint density at radius 3 is 2.44 bits per heavy atom. The molecule has 9 nitrogen and oxygen atoms in total.